The maximum absolute atomic E-state index is 9.04. The van der Waals surface area contributed by atoms with E-state index in [2.05, 4.69) is 9.97 Å². The second-order valence-electron chi connectivity index (χ2n) is 3.22. The van der Waals surface area contributed by atoms with Gasteiger partial charge in [-0.1, -0.05) is 17.7 Å². The first kappa shape index (κ1) is 11.1. The molecule has 0 aromatic carbocycles. The number of nitrogens with zero attached hydrogens (tertiary/aromatic N) is 2. The average molecular weight is 234 g/mol. The van der Waals surface area contributed by atoms with Crippen molar-refractivity contribution in [2.24, 2.45) is 0 Å². The number of hydrogen-bond donors (Lipinski definition) is 2. The predicted molar refractivity (Wildman–Crippen MR) is 62.3 cm³/mol. The number of aromatic nitrogens is 2. The minimum atomic E-state index is -1.56. The molecule has 0 spiro atoms. The van der Waals surface area contributed by atoms with Crippen molar-refractivity contribution in [1.82, 2.24) is 9.97 Å². The van der Waals surface area contributed by atoms with Gasteiger partial charge in [0.15, 0.2) is 0 Å². The zero-order chi connectivity index (χ0) is 11.5. The monoisotopic (exact) mass is 234 g/mol. The average Bonchev–Trinajstić information content (AvgIpc) is 2.30. The second kappa shape index (κ2) is 4.61. The van der Waals surface area contributed by atoms with Gasteiger partial charge >= 0.3 is 7.12 Å². The van der Waals surface area contributed by atoms with Crippen molar-refractivity contribution in [2.45, 2.75) is 0 Å². The topological polar surface area (TPSA) is 66.2 Å². The van der Waals surface area contributed by atoms with Gasteiger partial charge in [0.2, 0.25) is 0 Å². The van der Waals surface area contributed by atoms with E-state index in [4.69, 9.17) is 21.6 Å². The predicted octanol–water partition coefficient (Wildman–Crippen LogP) is 0.477. The highest BCUT2D eigenvalue weighted by atomic mass is 35.5. The van der Waals surface area contributed by atoms with Crippen LogP contribution in [-0.2, 0) is 0 Å². The molecule has 0 bridgehead atoms. The van der Waals surface area contributed by atoms with Crippen LogP contribution in [0.4, 0.5) is 0 Å². The molecule has 2 aromatic rings. The van der Waals surface area contributed by atoms with E-state index in [0.717, 1.165) is 5.56 Å². The first-order valence-corrected chi connectivity index (χ1v) is 4.98. The molecule has 0 saturated heterocycles. The minimum absolute atomic E-state index is 0.295. The van der Waals surface area contributed by atoms with Crippen molar-refractivity contribution >= 4 is 24.2 Å². The van der Waals surface area contributed by atoms with Crippen LogP contribution in [0.15, 0.2) is 36.8 Å². The van der Waals surface area contributed by atoms with Gasteiger partial charge in [-0.15, -0.1) is 0 Å². The molecule has 0 aliphatic heterocycles. The molecule has 0 saturated carbocycles. The minimum Gasteiger partial charge on any atom is -0.423 e. The highest BCUT2D eigenvalue weighted by Crippen LogP contribution is 2.23. The molecule has 0 atom stereocenters. The van der Waals surface area contributed by atoms with Gasteiger partial charge < -0.3 is 10.0 Å². The fourth-order valence-electron chi connectivity index (χ4n) is 1.33. The summed E-state index contributed by atoms with van der Waals surface area (Å²) in [5.74, 6) is 0. The van der Waals surface area contributed by atoms with E-state index in [1.165, 1.54) is 6.20 Å². The van der Waals surface area contributed by atoms with Gasteiger partial charge in [0, 0.05) is 35.2 Å². The summed E-state index contributed by atoms with van der Waals surface area (Å²) in [4.78, 5) is 7.86. The van der Waals surface area contributed by atoms with E-state index in [1.54, 1.807) is 24.5 Å². The Labute approximate surface area is 97.7 Å². The van der Waals surface area contributed by atoms with Crippen molar-refractivity contribution < 1.29 is 10.0 Å². The fourth-order valence-corrected chi connectivity index (χ4v) is 1.54. The number of pyridine rings is 2. The lowest BCUT2D eigenvalue weighted by Gasteiger charge is -2.05. The Morgan fingerprint density at radius 1 is 1.25 bits per heavy atom. The Kier molecular flexibility index (Phi) is 3.19. The molecule has 0 fully saturated rings. The summed E-state index contributed by atoms with van der Waals surface area (Å²) in [5.41, 5.74) is 1.70. The third kappa shape index (κ3) is 2.22. The second-order valence-corrected chi connectivity index (χ2v) is 3.58. The summed E-state index contributed by atoms with van der Waals surface area (Å²) in [7, 11) is -1.56. The number of halogens is 1. The van der Waals surface area contributed by atoms with Crippen LogP contribution in [0.3, 0.4) is 0 Å². The van der Waals surface area contributed by atoms with E-state index in [1.807, 2.05) is 6.07 Å². The molecule has 0 aliphatic rings. The quantitative estimate of drug-likeness (QED) is 0.586. The SMILES string of the molecule is OB(O)c1cnc(Cl)c(-c2cccnc2)c1. The normalized spacial score (nSPS) is 10.2. The molecular formula is C10H8BClN2O2. The summed E-state index contributed by atoms with van der Waals surface area (Å²) < 4.78 is 0. The van der Waals surface area contributed by atoms with Gasteiger partial charge in [0.25, 0.3) is 0 Å². The standard InChI is InChI=1S/C10H8BClN2O2/c12-10-9(7-2-1-3-13-5-7)4-8(6-14-10)11(15)16/h1-6,15-16H. The fraction of sp³-hybridized carbons (Fsp3) is 0. The summed E-state index contributed by atoms with van der Waals surface area (Å²) in [6.07, 6.45) is 4.61. The Hall–Kier alpha value is -1.43. The Morgan fingerprint density at radius 3 is 2.69 bits per heavy atom. The third-order valence-corrected chi connectivity index (χ3v) is 2.43. The Morgan fingerprint density at radius 2 is 2.06 bits per heavy atom. The number of rotatable bonds is 2. The van der Waals surface area contributed by atoms with Crippen molar-refractivity contribution in [3.8, 4) is 11.1 Å². The number of hydrogen-bond acceptors (Lipinski definition) is 4. The molecule has 2 heterocycles. The van der Waals surface area contributed by atoms with Crippen molar-refractivity contribution in [2.75, 3.05) is 0 Å². The van der Waals surface area contributed by atoms with Gasteiger partial charge in [-0.05, 0) is 12.1 Å². The van der Waals surface area contributed by atoms with E-state index >= 15 is 0 Å². The first-order chi connectivity index (χ1) is 7.68. The smallest absolute Gasteiger partial charge is 0.423 e. The molecule has 0 aliphatic carbocycles. The summed E-state index contributed by atoms with van der Waals surface area (Å²) >= 11 is 5.93. The molecule has 80 valence electrons. The van der Waals surface area contributed by atoms with E-state index in [-0.39, 0.29) is 0 Å². The van der Waals surface area contributed by atoms with Gasteiger partial charge in [-0.2, -0.15) is 0 Å². The maximum atomic E-state index is 9.04. The molecule has 4 nitrogen and oxygen atoms in total. The molecule has 2 rings (SSSR count). The molecule has 16 heavy (non-hydrogen) atoms. The molecular weight excluding hydrogens is 226 g/mol. The van der Waals surface area contributed by atoms with Crippen LogP contribution in [0.2, 0.25) is 5.15 Å². The molecule has 2 aromatic heterocycles. The van der Waals surface area contributed by atoms with Crippen molar-refractivity contribution in [3.05, 3.63) is 41.9 Å². The highest BCUT2D eigenvalue weighted by molar-refractivity contribution is 6.58. The lowest BCUT2D eigenvalue weighted by molar-refractivity contribution is 0.425. The van der Waals surface area contributed by atoms with E-state index in [0.29, 0.717) is 16.2 Å². The van der Waals surface area contributed by atoms with Crippen LogP contribution < -0.4 is 5.46 Å². The van der Waals surface area contributed by atoms with Crippen LogP contribution >= 0.6 is 11.6 Å². The zero-order valence-corrected chi connectivity index (χ0v) is 8.96. The molecule has 6 heteroatoms. The first-order valence-electron chi connectivity index (χ1n) is 4.60. The van der Waals surface area contributed by atoms with Crippen molar-refractivity contribution in [1.29, 1.82) is 0 Å². The molecule has 2 N–H and O–H groups in total. The van der Waals surface area contributed by atoms with Gasteiger partial charge in [-0.25, -0.2) is 4.98 Å². The van der Waals surface area contributed by atoms with E-state index < -0.39 is 7.12 Å². The maximum Gasteiger partial charge on any atom is 0.490 e. The third-order valence-electron chi connectivity index (χ3n) is 2.13. The molecule has 0 radical (unpaired) electrons. The van der Waals surface area contributed by atoms with Crippen LogP contribution in [-0.4, -0.2) is 27.1 Å². The zero-order valence-electron chi connectivity index (χ0n) is 8.21. The highest BCUT2D eigenvalue weighted by Gasteiger charge is 2.14. The molecule has 0 amide bonds. The van der Waals surface area contributed by atoms with Crippen LogP contribution in [0.25, 0.3) is 11.1 Å². The summed E-state index contributed by atoms with van der Waals surface area (Å²) in [5, 5.41) is 18.4. The van der Waals surface area contributed by atoms with Gasteiger partial charge in [-0.3, -0.25) is 4.98 Å². The lowest BCUT2D eigenvalue weighted by Crippen LogP contribution is -2.30. The summed E-state index contributed by atoms with van der Waals surface area (Å²) in [6.45, 7) is 0. The van der Waals surface area contributed by atoms with Gasteiger partial charge in [0.1, 0.15) is 5.15 Å². The van der Waals surface area contributed by atoms with Crippen LogP contribution in [0.5, 0.6) is 0 Å². The molecule has 0 unspecified atom stereocenters. The Balaban J connectivity index is 2.52. The largest absolute Gasteiger partial charge is 0.490 e. The van der Waals surface area contributed by atoms with Crippen molar-refractivity contribution in [3.63, 3.8) is 0 Å². The van der Waals surface area contributed by atoms with Crippen LogP contribution in [0.1, 0.15) is 0 Å². The lowest BCUT2D eigenvalue weighted by atomic mass is 9.80. The summed E-state index contributed by atoms with van der Waals surface area (Å²) in [6, 6.07) is 5.17. The Bertz CT molecular complexity index is 493. The van der Waals surface area contributed by atoms with E-state index in [9.17, 15) is 0 Å². The van der Waals surface area contributed by atoms with Gasteiger partial charge in [0.05, 0.1) is 0 Å². The van der Waals surface area contributed by atoms with Crippen LogP contribution in [0, 0.1) is 0 Å².